The van der Waals surface area contributed by atoms with E-state index >= 15 is 0 Å². The highest BCUT2D eigenvalue weighted by Gasteiger charge is 2.34. The zero-order chi connectivity index (χ0) is 23.6. The summed E-state index contributed by atoms with van der Waals surface area (Å²) in [6.45, 7) is 11.7. The van der Waals surface area contributed by atoms with Crippen LogP contribution in [0.15, 0.2) is 61.2 Å². The number of rotatable bonds is 12. The molecule has 2 N–H and O–H groups in total. The SMILES string of the molecule is C=CC(=O)NC(C=Cc1ccccc1)C(C)C(CCC(C)OC(=O)C(=C)C)S(=O)(=O)O. The van der Waals surface area contributed by atoms with Gasteiger partial charge in [-0.05, 0) is 44.2 Å². The summed E-state index contributed by atoms with van der Waals surface area (Å²) >= 11 is 0. The van der Waals surface area contributed by atoms with Gasteiger partial charge in [-0.25, -0.2) is 4.79 Å². The highest BCUT2D eigenvalue weighted by molar-refractivity contribution is 7.86. The number of carbonyl (C=O) groups excluding carboxylic acids is 2. The second kappa shape index (κ2) is 12.2. The fourth-order valence-electron chi connectivity index (χ4n) is 3.01. The van der Waals surface area contributed by atoms with E-state index in [0.29, 0.717) is 0 Å². The molecular formula is C23H31NO6S. The summed E-state index contributed by atoms with van der Waals surface area (Å²) in [6.07, 6.45) is 4.22. The zero-order valence-electron chi connectivity index (χ0n) is 18.2. The van der Waals surface area contributed by atoms with Crippen LogP contribution in [0.1, 0.15) is 39.2 Å². The Morgan fingerprint density at radius 2 is 1.81 bits per heavy atom. The predicted octanol–water partition coefficient (Wildman–Crippen LogP) is 3.55. The lowest BCUT2D eigenvalue weighted by molar-refractivity contribution is -0.143. The minimum atomic E-state index is -4.44. The predicted molar refractivity (Wildman–Crippen MR) is 122 cm³/mol. The van der Waals surface area contributed by atoms with E-state index < -0.39 is 45.3 Å². The van der Waals surface area contributed by atoms with Gasteiger partial charge in [0.05, 0.1) is 17.4 Å². The van der Waals surface area contributed by atoms with E-state index in [1.165, 1.54) is 6.92 Å². The number of carbonyl (C=O) groups is 2. The summed E-state index contributed by atoms with van der Waals surface area (Å²) in [4.78, 5) is 23.6. The van der Waals surface area contributed by atoms with E-state index in [1.54, 1.807) is 26.0 Å². The molecule has 0 aliphatic rings. The van der Waals surface area contributed by atoms with Gasteiger partial charge in [0.15, 0.2) is 0 Å². The van der Waals surface area contributed by atoms with Crippen molar-refractivity contribution < 1.29 is 27.3 Å². The fraction of sp³-hybridized carbons (Fsp3) is 0.391. The summed E-state index contributed by atoms with van der Waals surface area (Å²) in [6, 6.07) is 8.62. The largest absolute Gasteiger partial charge is 0.459 e. The molecule has 0 spiro atoms. The third-order valence-electron chi connectivity index (χ3n) is 4.84. The Morgan fingerprint density at radius 3 is 2.32 bits per heavy atom. The van der Waals surface area contributed by atoms with Gasteiger partial charge in [0.2, 0.25) is 5.91 Å². The average molecular weight is 450 g/mol. The Kier molecular flexibility index (Phi) is 10.4. The van der Waals surface area contributed by atoms with Gasteiger partial charge in [-0.3, -0.25) is 9.35 Å². The first-order valence-electron chi connectivity index (χ1n) is 9.94. The number of ether oxygens (including phenoxy) is 1. The van der Waals surface area contributed by atoms with Gasteiger partial charge in [-0.1, -0.05) is 62.6 Å². The standard InChI is InChI=1S/C23H31NO6S/c1-6-22(25)24-20(14-13-19-10-8-7-9-11-19)18(5)21(31(27,28)29)15-12-17(4)30-23(26)16(2)3/h6-11,13-14,17-18,20-21H,1-2,12,15H2,3-5H3,(H,24,25)(H,27,28,29). The van der Waals surface area contributed by atoms with Crippen LogP contribution in [-0.2, 0) is 24.4 Å². The molecule has 0 aromatic heterocycles. The van der Waals surface area contributed by atoms with Crippen molar-refractivity contribution in [3.05, 3.63) is 66.8 Å². The lowest BCUT2D eigenvalue weighted by Gasteiger charge is -2.28. The Labute approximate surface area is 184 Å². The van der Waals surface area contributed by atoms with E-state index in [-0.39, 0.29) is 18.4 Å². The zero-order valence-corrected chi connectivity index (χ0v) is 19.0. The van der Waals surface area contributed by atoms with Crippen LogP contribution in [0, 0.1) is 5.92 Å². The quantitative estimate of drug-likeness (QED) is 0.287. The van der Waals surface area contributed by atoms with E-state index in [4.69, 9.17) is 4.74 Å². The smallest absolute Gasteiger partial charge is 0.333 e. The molecule has 1 aromatic carbocycles. The van der Waals surface area contributed by atoms with Gasteiger partial charge in [0, 0.05) is 5.57 Å². The molecule has 0 aliphatic heterocycles. The van der Waals surface area contributed by atoms with Crippen LogP contribution in [0.3, 0.4) is 0 Å². The van der Waals surface area contributed by atoms with Crippen molar-refractivity contribution in [3.8, 4) is 0 Å². The van der Waals surface area contributed by atoms with Crippen molar-refractivity contribution in [1.29, 1.82) is 0 Å². The molecule has 0 saturated heterocycles. The van der Waals surface area contributed by atoms with Gasteiger partial charge < -0.3 is 10.1 Å². The molecule has 0 aliphatic carbocycles. The first-order chi connectivity index (χ1) is 14.5. The number of hydrogen-bond donors (Lipinski definition) is 2. The molecule has 0 heterocycles. The topological polar surface area (TPSA) is 110 Å². The number of benzene rings is 1. The Morgan fingerprint density at radius 1 is 1.19 bits per heavy atom. The lowest BCUT2D eigenvalue weighted by atomic mass is 9.93. The first-order valence-corrected chi connectivity index (χ1v) is 11.4. The van der Waals surface area contributed by atoms with E-state index in [0.717, 1.165) is 11.6 Å². The first kappa shape index (κ1) is 26.3. The number of hydrogen-bond acceptors (Lipinski definition) is 5. The maximum Gasteiger partial charge on any atom is 0.333 e. The van der Waals surface area contributed by atoms with E-state index in [2.05, 4.69) is 18.5 Å². The Bertz CT molecular complexity index is 907. The van der Waals surface area contributed by atoms with Crippen molar-refractivity contribution in [1.82, 2.24) is 5.32 Å². The van der Waals surface area contributed by atoms with Crippen molar-refractivity contribution >= 4 is 28.1 Å². The van der Waals surface area contributed by atoms with Crippen LogP contribution in [0.2, 0.25) is 0 Å². The fourth-order valence-corrected chi connectivity index (χ4v) is 4.16. The van der Waals surface area contributed by atoms with Gasteiger partial charge >= 0.3 is 5.97 Å². The molecule has 4 unspecified atom stereocenters. The molecule has 1 amide bonds. The minimum absolute atomic E-state index is 0.0320. The maximum atomic E-state index is 12.1. The molecule has 1 rings (SSSR count). The molecule has 8 heteroatoms. The summed E-state index contributed by atoms with van der Waals surface area (Å²) in [5.41, 5.74) is 1.11. The summed E-state index contributed by atoms with van der Waals surface area (Å²) in [5.74, 6) is -1.71. The van der Waals surface area contributed by atoms with Gasteiger partial charge in [0.25, 0.3) is 10.1 Å². The van der Waals surface area contributed by atoms with Crippen molar-refractivity contribution in [2.45, 2.75) is 51.0 Å². The van der Waals surface area contributed by atoms with Gasteiger partial charge in [-0.2, -0.15) is 8.42 Å². The maximum absolute atomic E-state index is 12.1. The van der Waals surface area contributed by atoms with Crippen LogP contribution in [0.4, 0.5) is 0 Å². The monoisotopic (exact) mass is 449 g/mol. The third kappa shape index (κ3) is 9.31. The second-order valence-electron chi connectivity index (χ2n) is 7.49. The number of nitrogens with one attached hydrogen (secondary N) is 1. The molecule has 0 radical (unpaired) electrons. The molecule has 0 saturated carbocycles. The molecule has 170 valence electrons. The van der Waals surface area contributed by atoms with Crippen LogP contribution < -0.4 is 5.32 Å². The molecule has 7 nitrogen and oxygen atoms in total. The number of amides is 1. The molecule has 0 bridgehead atoms. The molecule has 0 fully saturated rings. The van der Waals surface area contributed by atoms with Crippen LogP contribution in [-0.4, -0.2) is 42.2 Å². The highest BCUT2D eigenvalue weighted by Crippen LogP contribution is 2.24. The lowest BCUT2D eigenvalue weighted by Crippen LogP contribution is -2.44. The van der Waals surface area contributed by atoms with E-state index in [9.17, 15) is 22.6 Å². The minimum Gasteiger partial charge on any atom is -0.459 e. The van der Waals surface area contributed by atoms with Gasteiger partial charge in [0.1, 0.15) is 0 Å². The summed E-state index contributed by atoms with van der Waals surface area (Å²) < 4.78 is 39.3. The van der Waals surface area contributed by atoms with Gasteiger partial charge in [-0.15, -0.1) is 0 Å². The molecule has 31 heavy (non-hydrogen) atoms. The van der Waals surface area contributed by atoms with Crippen molar-refractivity contribution in [3.63, 3.8) is 0 Å². The molecular weight excluding hydrogens is 418 g/mol. The normalized spacial score (nSPS) is 15.5. The van der Waals surface area contributed by atoms with E-state index in [1.807, 2.05) is 30.3 Å². The molecule has 1 aromatic rings. The van der Waals surface area contributed by atoms with Crippen LogP contribution in [0.5, 0.6) is 0 Å². The van der Waals surface area contributed by atoms with Crippen LogP contribution in [0.25, 0.3) is 6.08 Å². The second-order valence-corrected chi connectivity index (χ2v) is 9.13. The summed E-state index contributed by atoms with van der Waals surface area (Å²) in [7, 11) is -4.44. The van der Waals surface area contributed by atoms with Crippen molar-refractivity contribution in [2.75, 3.05) is 0 Å². The molecule has 4 atom stereocenters. The van der Waals surface area contributed by atoms with Crippen molar-refractivity contribution in [2.24, 2.45) is 5.92 Å². The summed E-state index contributed by atoms with van der Waals surface area (Å²) in [5, 5.41) is 1.52. The Balaban J connectivity index is 3.05. The number of esters is 1. The highest BCUT2D eigenvalue weighted by atomic mass is 32.2. The Hall–Kier alpha value is -2.71. The third-order valence-corrected chi connectivity index (χ3v) is 6.27. The van der Waals surface area contributed by atoms with Crippen LogP contribution >= 0.6 is 0 Å². The average Bonchev–Trinajstić information content (AvgIpc) is 2.70.